The van der Waals surface area contributed by atoms with E-state index in [2.05, 4.69) is 5.32 Å². The molecular formula is C11H20N2O3. The molecule has 2 saturated heterocycles. The molecule has 1 amide bonds. The topological polar surface area (TPSA) is 61.8 Å². The monoisotopic (exact) mass is 228 g/mol. The second-order valence-corrected chi connectivity index (χ2v) is 5.76. The van der Waals surface area contributed by atoms with E-state index in [0.29, 0.717) is 19.1 Å². The molecule has 2 bridgehead atoms. The molecule has 0 radical (unpaired) electrons. The average molecular weight is 228 g/mol. The Balaban J connectivity index is 2.08. The molecule has 0 saturated carbocycles. The molecule has 0 aliphatic carbocycles. The normalized spacial score (nSPS) is 33.2. The van der Waals surface area contributed by atoms with E-state index >= 15 is 0 Å². The van der Waals surface area contributed by atoms with Crippen LogP contribution in [0.4, 0.5) is 4.79 Å². The Bertz CT molecular complexity index is 300. The Morgan fingerprint density at radius 1 is 1.62 bits per heavy atom. The van der Waals surface area contributed by atoms with E-state index in [1.54, 1.807) is 4.90 Å². The molecule has 0 spiro atoms. The summed E-state index contributed by atoms with van der Waals surface area (Å²) < 4.78 is 5.35. The summed E-state index contributed by atoms with van der Waals surface area (Å²) in [6, 6.07) is 0.305. The number of piperazine rings is 1. The molecule has 2 heterocycles. The lowest BCUT2D eigenvalue weighted by atomic mass is 10.0. The van der Waals surface area contributed by atoms with E-state index in [-0.39, 0.29) is 12.7 Å². The number of likely N-dealkylation sites (tertiary alicyclic amines) is 1. The Labute approximate surface area is 95.8 Å². The van der Waals surface area contributed by atoms with Crippen molar-refractivity contribution in [1.29, 1.82) is 0 Å². The van der Waals surface area contributed by atoms with Crippen LogP contribution in [0, 0.1) is 0 Å². The van der Waals surface area contributed by atoms with Crippen molar-refractivity contribution in [2.45, 2.75) is 44.4 Å². The molecule has 2 atom stereocenters. The second kappa shape index (κ2) is 3.60. The van der Waals surface area contributed by atoms with Crippen LogP contribution in [-0.4, -0.2) is 53.0 Å². The highest BCUT2D eigenvalue weighted by molar-refractivity contribution is 5.70. The van der Waals surface area contributed by atoms with Gasteiger partial charge in [0, 0.05) is 19.1 Å². The minimum absolute atomic E-state index is 0.00422. The number of aliphatic hydroxyl groups is 1. The van der Waals surface area contributed by atoms with Gasteiger partial charge in [0.1, 0.15) is 5.60 Å². The summed E-state index contributed by atoms with van der Waals surface area (Å²) in [5, 5.41) is 12.8. The van der Waals surface area contributed by atoms with Gasteiger partial charge in [-0.05, 0) is 27.2 Å². The predicted octanol–water partition coefficient (Wildman–Crippen LogP) is 0.330. The highest BCUT2D eigenvalue weighted by atomic mass is 16.6. The SMILES string of the molecule is CC(C)(C)OC(=O)N1CC2CC1(CO)CN2. The highest BCUT2D eigenvalue weighted by Gasteiger charge is 2.53. The minimum Gasteiger partial charge on any atom is -0.444 e. The number of amides is 1. The third-order valence-corrected chi connectivity index (χ3v) is 3.23. The zero-order valence-electron chi connectivity index (χ0n) is 10.1. The van der Waals surface area contributed by atoms with Crippen molar-refractivity contribution >= 4 is 6.09 Å². The largest absolute Gasteiger partial charge is 0.444 e. The van der Waals surface area contributed by atoms with Gasteiger partial charge in [0.25, 0.3) is 0 Å². The summed E-state index contributed by atoms with van der Waals surface area (Å²) in [4.78, 5) is 13.7. The van der Waals surface area contributed by atoms with Crippen molar-refractivity contribution in [1.82, 2.24) is 10.2 Å². The van der Waals surface area contributed by atoms with Gasteiger partial charge in [-0.15, -0.1) is 0 Å². The fourth-order valence-corrected chi connectivity index (χ4v) is 2.48. The number of ether oxygens (including phenoxy) is 1. The molecule has 2 unspecified atom stereocenters. The summed E-state index contributed by atoms with van der Waals surface area (Å²) in [6.45, 7) is 6.84. The minimum atomic E-state index is -0.483. The molecule has 16 heavy (non-hydrogen) atoms. The molecule has 0 aromatic carbocycles. The zero-order chi connectivity index (χ0) is 12.0. The number of rotatable bonds is 1. The van der Waals surface area contributed by atoms with Gasteiger partial charge in [0.2, 0.25) is 0 Å². The van der Waals surface area contributed by atoms with Gasteiger partial charge in [0.15, 0.2) is 0 Å². The van der Waals surface area contributed by atoms with Crippen molar-refractivity contribution < 1.29 is 14.6 Å². The fourth-order valence-electron chi connectivity index (χ4n) is 2.48. The summed E-state index contributed by atoms with van der Waals surface area (Å²) in [5.74, 6) is 0. The van der Waals surface area contributed by atoms with E-state index in [9.17, 15) is 9.90 Å². The highest BCUT2D eigenvalue weighted by Crippen LogP contribution is 2.35. The molecule has 0 aromatic rings. The zero-order valence-corrected chi connectivity index (χ0v) is 10.1. The van der Waals surface area contributed by atoms with E-state index in [0.717, 1.165) is 6.42 Å². The van der Waals surface area contributed by atoms with Gasteiger partial charge in [-0.3, -0.25) is 4.90 Å². The van der Waals surface area contributed by atoms with E-state index in [1.165, 1.54) is 0 Å². The van der Waals surface area contributed by atoms with Gasteiger partial charge in [-0.1, -0.05) is 0 Å². The number of hydrogen-bond donors (Lipinski definition) is 2. The number of fused-ring (bicyclic) bond motifs is 2. The summed E-state index contributed by atoms with van der Waals surface area (Å²) in [5.41, 5.74) is -0.921. The van der Waals surface area contributed by atoms with E-state index in [1.807, 2.05) is 20.8 Å². The van der Waals surface area contributed by atoms with Crippen molar-refractivity contribution in [2.24, 2.45) is 0 Å². The van der Waals surface area contributed by atoms with Crippen LogP contribution in [-0.2, 0) is 4.74 Å². The standard InChI is InChI=1S/C11H20N2O3/c1-10(2,3)16-9(15)13-5-8-4-11(13,7-14)6-12-8/h8,12,14H,4-7H2,1-3H3. The maximum atomic E-state index is 12.0. The first kappa shape index (κ1) is 11.7. The lowest BCUT2D eigenvalue weighted by Gasteiger charge is -2.38. The number of nitrogens with one attached hydrogen (secondary N) is 1. The van der Waals surface area contributed by atoms with Gasteiger partial charge in [-0.25, -0.2) is 4.79 Å². The van der Waals surface area contributed by atoms with Gasteiger partial charge >= 0.3 is 6.09 Å². The molecule has 5 heteroatoms. The molecule has 2 N–H and O–H groups in total. The van der Waals surface area contributed by atoms with Crippen LogP contribution < -0.4 is 5.32 Å². The third kappa shape index (κ3) is 1.89. The lowest BCUT2D eigenvalue weighted by molar-refractivity contribution is -0.00614. The Hall–Kier alpha value is -0.810. The van der Waals surface area contributed by atoms with Gasteiger partial charge in [0.05, 0.1) is 12.1 Å². The molecule has 0 aromatic heterocycles. The quantitative estimate of drug-likeness (QED) is 0.679. The van der Waals surface area contributed by atoms with Crippen molar-refractivity contribution in [3.05, 3.63) is 0 Å². The second-order valence-electron chi connectivity index (χ2n) is 5.76. The lowest BCUT2D eigenvalue weighted by Crippen LogP contribution is -2.57. The molecule has 2 fully saturated rings. The summed E-state index contributed by atoms with van der Waals surface area (Å²) in [6.07, 6.45) is 0.508. The number of nitrogens with zero attached hydrogens (tertiary/aromatic N) is 1. The van der Waals surface area contributed by atoms with Crippen LogP contribution in [0.2, 0.25) is 0 Å². The first-order valence-corrected chi connectivity index (χ1v) is 5.71. The first-order valence-electron chi connectivity index (χ1n) is 5.71. The molecule has 5 nitrogen and oxygen atoms in total. The first-order chi connectivity index (χ1) is 7.36. The number of carbonyl (C=O) groups is 1. The molecular weight excluding hydrogens is 208 g/mol. The molecule has 2 aliphatic heterocycles. The van der Waals surface area contributed by atoms with Crippen LogP contribution in [0.15, 0.2) is 0 Å². The Morgan fingerprint density at radius 2 is 2.31 bits per heavy atom. The summed E-state index contributed by atoms with van der Waals surface area (Å²) >= 11 is 0. The molecule has 2 aliphatic rings. The average Bonchev–Trinajstić information content (AvgIpc) is 2.72. The van der Waals surface area contributed by atoms with Crippen LogP contribution in [0.5, 0.6) is 0 Å². The Morgan fingerprint density at radius 3 is 2.81 bits per heavy atom. The predicted molar refractivity (Wildman–Crippen MR) is 59.2 cm³/mol. The van der Waals surface area contributed by atoms with Gasteiger partial charge < -0.3 is 15.2 Å². The number of aliphatic hydroxyl groups excluding tert-OH is 1. The maximum Gasteiger partial charge on any atom is 0.410 e. The van der Waals surface area contributed by atoms with Crippen LogP contribution in [0.25, 0.3) is 0 Å². The van der Waals surface area contributed by atoms with E-state index in [4.69, 9.17) is 4.74 Å². The molecule has 2 rings (SSSR count). The van der Waals surface area contributed by atoms with Gasteiger partial charge in [-0.2, -0.15) is 0 Å². The van der Waals surface area contributed by atoms with Crippen molar-refractivity contribution in [3.8, 4) is 0 Å². The smallest absolute Gasteiger partial charge is 0.410 e. The number of hydrogen-bond acceptors (Lipinski definition) is 4. The van der Waals surface area contributed by atoms with Crippen LogP contribution in [0.3, 0.4) is 0 Å². The summed E-state index contributed by atoms with van der Waals surface area (Å²) in [7, 11) is 0. The third-order valence-electron chi connectivity index (χ3n) is 3.23. The van der Waals surface area contributed by atoms with Crippen LogP contribution >= 0.6 is 0 Å². The van der Waals surface area contributed by atoms with Crippen molar-refractivity contribution in [3.63, 3.8) is 0 Å². The molecule has 92 valence electrons. The Kier molecular flexibility index (Phi) is 2.62. The van der Waals surface area contributed by atoms with E-state index < -0.39 is 11.1 Å². The van der Waals surface area contributed by atoms with Crippen LogP contribution in [0.1, 0.15) is 27.2 Å². The number of carbonyl (C=O) groups excluding carboxylic acids is 1. The van der Waals surface area contributed by atoms with Crippen molar-refractivity contribution in [2.75, 3.05) is 19.7 Å². The fraction of sp³-hybridized carbons (Fsp3) is 0.909. The maximum absolute atomic E-state index is 12.0.